The summed E-state index contributed by atoms with van der Waals surface area (Å²) < 4.78 is 1.27. The molecule has 1 N–H and O–H groups in total. The van der Waals surface area contributed by atoms with Gasteiger partial charge in [0.05, 0.1) is 6.20 Å². The first kappa shape index (κ1) is 18.6. The number of nitrogens with one attached hydrogen (secondary N) is 1. The second-order valence-electron chi connectivity index (χ2n) is 8.08. The van der Waals surface area contributed by atoms with E-state index in [-0.39, 0.29) is 18.0 Å². The van der Waals surface area contributed by atoms with Gasteiger partial charge in [0, 0.05) is 29.4 Å². The highest BCUT2D eigenvalue weighted by Gasteiger charge is 2.24. The molecule has 0 unspecified atom stereocenters. The first-order valence-electron chi connectivity index (χ1n) is 10.5. The van der Waals surface area contributed by atoms with E-state index in [4.69, 9.17) is 0 Å². The van der Waals surface area contributed by atoms with Crippen LogP contribution in [0.25, 0.3) is 21.8 Å². The van der Waals surface area contributed by atoms with Crippen LogP contribution in [0.1, 0.15) is 18.4 Å². The minimum absolute atomic E-state index is 0.0203. The Bertz CT molecular complexity index is 1250. The van der Waals surface area contributed by atoms with E-state index in [9.17, 15) is 9.59 Å². The van der Waals surface area contributed by atoms with Gasteiger partial charge in [0.25, 0.3) is 5.56 Å². The molecule has 0 spiro atoms. The van der Waals surface area contributed by atoms with Crippen LogP contribution >= 0.6 is 0 Å². The molecule has 6 nitrogen and oxygen atoms in total. The van der Waals surface area contributed by atoms with Gasteiger partial charge in [-0.15, -0.1) is 0 Å². The van der Waals surface area contributed by atoms with Crippen molar-refractivity contribution in [3.8, 4) is 0 Å². The van der Waals surface area contributed by atoms with Gasteiger partial charge in [-0.2, -0.15) is 5.10 Å². The zero-order valence-corrected chi connectivity index (χ0v) is 16.8. The Labute approximate surface area is 174 Å². The van der Waals surface area contributed by atoms with Crippen molar-refractivity contribution in [3.63, 3.8) is 0 Å². The van der Waals surface area contributed by atoms with Crippen LogP contribution in [-0.2, 0) is 17.8 Å². The molecule has 1 amide bonds. The van der Waals surface area contributed by atoms with Crippen LogP contribution in [0.15, 0.2) is 65.6 Å². The Kier molecular flexibility index (Phi) is 4.83. The smallest absolute Gasteiger partial charge is 0.291 e. The highest BCUT2D eigenvalue weighted by atomic mass is 16.2. The molecule has 3 heterocycles. The maximum Gasteiger partial charge on any atom is 0.291 e. The van der Waals surface area contributed by atoms with Gasteiger partial charge in [0.2, 0.25) is 5.91 Å². The number of H-pyrrole nitrogens is 1. The van der Waals surface area contributed by atoms with Gasteiger partial charge in [-0.1, -0.05) is 48.5 Å². The summed E-state index contributed by atoms with van der Waals surface area (Å²) in [6.07, 6.45) is 4.71. The Morgan fingerprint density at radius 3 is 2.53 bits per heavy atom. The number of likely N-dealkylation sites (tertiary alicyclic amines) is 1. The fourth-order valence-corrected chi connectivity index (χ4v) is 4.45. The lowest BCUT2D eigenvalue weighted by Gasteiger charge is -2.32. The number of carbonyl (C=O) groups excluding carboxylic acids is 1. The highest BCUT2D eigenvalue weighted by molar-refractivity contribution is 6.06. The number of aromatic nitrogens is 3. The molecule has 1 aliphatic heterocycles. The summed E-state index contributed by atoms with van der Waals surface area (Å²) in [6.45, 7) is 1.45. The third-order valence-corrected chi connectivity index (χ3v) is 6.14. The molecule has 5 rings (SSSR count). The first-order chi connectivity index (χ1) is 14.7. The van der Waals surface area contributed by atoms with Crippen molar-refractivity contribution >= 4 is 27.7 Å². The van der Waals surface area contributed by atoms with E-state index in [1.807, 2.05) is 35.2 Å². The summed E-state index contributed by atoms with van der Waals surface area (Å²) in [4.78, 5) is 30.7. The number of nitrogens with zero attached hydrogens (tertiary/aromatic N) is 3. The summed E-state index contributed by atoms with van der Waals surface area (Å²) in [5.74, 6) is 0.554. The van der Waals surface area contributed by atoms with Crippen LogP contribution in [0.4, 0.5) is 0 Å². The van der Waals surface area contributed by atoms with E-state index in [2.05, 4.69) is 34.3 Å². The number of benzene rings is 2. The lowest BCUT2D eigenvalue weighted by atomic mass is 9.90. The van der Waals surface area contributed by atoms with E-state index >= 15 is 0 Å². The fourth-order valence-electron chi connectivity index (χ4n) is 4.45. The Morgan fingerprint density at radius 2 is 1.73 bits per heavy atom. The van der Waals surface area contributed by atoms with Crippen LogP contribution in [0.5, 0.6) is 0 Å². The zero-order valence-electron chi connectivity index (χ0n) is 16.8. The van der Waals surface area contributed by atoms with Crippen molar-refractivity contribution in [2.24, 2.45) is 5.92 Å². The van der Waals surface area contributed by atoms with Crippen molar-refractivity contribution < 1.29 is 4.79 Å². The van der Waals surface area contributed by atoms with E-state index in [1.54, 1.807) is 6.20 Å². The minimum Gasteiger partial charge on any atom is -0.350 e. The monoisotopic (exact) mass is 400 g/mol. The molecule has 0 atom stereocenters. The van der Waals surface area contributed by atoms with Gasteiger partial charge in [-0.05, 0) is 36.8 Å². The molecule has 30 heavy (non-hydrogen) atoms. The number of rotatable bonds is 4. The molecule has 0 aliphatic carbocycles. The maximum absolute atomic E-state index is 12.9. The summed E-state index contributed by atoms with van der Waals surface area (Å²) in [5, 5.41) is 6.03. The Morgan fingerprint density at radius 1 is 1.00 bits per heavy atom. The van der Waals surface area contributed by atoms with Gasteiger partial charge in [0.1, 0.15) is 12.1 Å². The van der Waals surface area contributed by atoms with E-state index in [1.165, 1.54) is 10.2 Å². The number of hydrogen-bond acceptors (Lipinski definition) is 3. The number of aromatic amines is 1. The lowest BCUT2D eigenvalue weighted by Crippen LogP contribution is -2.42. The normalized spacial score (nSPS) is 15.1. The lowest BCUT2D eigenvalue weighted by molar-refractivity contribution is -0.133. The largest absolute Gasteiger partial charge is 0.350 e. The number of fused-ring (bicyclic) bond motifs is 3. The standard InChI is InChI=1S/C24H24N4O2/c29-22(27-12-10-18(11-13-27)14-17-6-2-1-3-7-17)16-28-24(30)23-20(15-25-28)19-8-4-5-9-21(19)26-23/h1-9,15,18,26H,10-14,16H2. The number of carbonyl (C=O) groups is 1. The van der Waals surface area contributed by atoms with Crippen LogP contribution in [0, 0.1) is 5.92 Å². The van der Waals surface area contributed by atoms with E-state index < -0.39 is 0 Å². The topological polar surface area (TPSA) is 71.0 Å². The van der Waals surface area contributed by atoms with E-state index in [0.29, 0.717) is 11.4 Å². The molecule has 2 aromatic carbocycles. The third-order valence-electron chi connectivity index (χ3n) is 6.14. The average molecular weight is 400 g/mol. The number of piperidine rings is 1. The van der Waals surface area contributed by atoms with Gasteiger partial charge >= 0.3 is 0 Å². The van der Waals surface area contributed by atoms with Crippen molar-refractivity contribution in [2.75, 3.05) is 13.1 Å². The van der Waals surface area contributed by atoms with Gasteiger partial charge < -0.3 is 9.88 Å². The summed E-state index contributed by atoms with van der Waals surface area (Å²) in [6, 6.07) is 18.3. The molecular weight excluding hydrogens is 376 g/mol. The van der Waals surface area contributed by atoms with Gasteiger partial charge in [0.15, 0.2) is 0 Å². The van der Waals surface area contributed by atoms with Crippen LogP contribution in [-0.4, -0.2) is 38.7 Å². The minimum atomic E-state index is -0.254. The summed E-state index contributed by atoms with van der Waals surface area (Å²) in [5.41, 5.74) is 2.50. The summed E-state index contributed by atoms with van der Waals surface area (Å²) in [7, 11) is 0. The molecular formula is C24H24N4O2. The number of hydrogen-bond donors (Lipinski definition) is 1. The Hall–Kier alpha value is -3.41. The predicted octanol–water partition coefficient (Wildman–Crippen LogP) is 3.36. The van der Waals surface area contributed by atoms with Crippen molar-refractivity contribution in [2.45, 2.75) is 25.8 Å². The quantitative estimate of drug-likeness (QED) is 0.571. The molecule has 1 fully saturated rings. The fraction of sp³-hybridized carbons (Fsp3) is 0.292. The molecule has 6 heteroatoms. The van der Waals surface area contributed by atoms with Crippen molar-refractivity contribution in [1.29, 1.82) is 0 Å². The number of para-hydroxylation sites is 1. The van der Waals surface area contributed by atoms with Gasteiger partial charge in [-0.3, -0.25) is 9.59 Å². The second kappa shape index (κ2) is 7.78. The average Bonchev–Trinajstić information content (AvgIpc) is 3.16. The predicted molar refractivity (Wildman–Crippen MR) is 117 cm³/mol. The molecule has 152 valence electrons. The van der Waals surface area contributed by atoms with Crippen LogP contribution < -0.4 is 5.56 Å². The van der Waals surface area contributed by atoms with Crippen LogP contribution in [0.2, 0.25) is 0 Å². The zero-order chi connectivity index (χ0) is 20.5. The SMILES string of the molecule is O=C(Cn1ncc2c([nH]c3ccccc32)c1=O)N1CCC(Cc2ccccc2)CC1. The molecule has 1 aliphatic rings. The third kappa shape index (κ3) is 3.49. The molecule has 2 aromatic heterocycles. The van der Waals surface area contributed by atoms with Crippen molar-refractivity contribution in [1.82, 2.24) is 19.7 Å². The maximum atomic E-state index is 12.9. The molecule has 0 radical (unpaired) electrons. The van der Waals surface area contributed by atoms with E-state index in [0.717, 1.165) is 48.6 Å². The van der Waals surface area contributed by atoms with Gasteiger partial charge in [-0.25, -0.2) is 4.68 Å². The Balaban J connectivity index is 1.27. The van der Waals surface area contributed by atoms with Crippen molar-refractivity contribution in [3.05, 3.63) is 76.7 Å². The highest BCUT2D eigenvalue weighted by Crippen LogP contribution is 2.23. The molecule has 0 saturated carbocycles. The van der Waals surface area contributed by atoms with Crippen LogP contribution in [0.3, 0.4) is 0 Å². The molecule has 4 aromatic rings. The number of amides is 1. The summed E-state index contributed by atoms with van der Waals surface area (Å²) >= 11 is 0. The second-order valence-corrected chi connectivity index (χ2v) is 8.08. The molecule has 1 saturated heterocycles. The molecule has 0 bridgehead atoms. The first-order valence-corrected chi connectivity index (χ1v) is 10.5.